The van der Waals surface area contributed by atoms with E-state index in [1.54, 1.807) is 6.20 Å². The van der Waals surface area contributed by atoms with Crippen molar-refractivity contribution in [3.63, 3.8) is 0 Å². The van der Waals surface area contributed by atoms with E-state index >= 15 is 0 Å². The van der Waals surface area contributed by atoms with Gasteiger partial charge in [-0.25, -0.2) is 0 Å². The number of carbonyl (C=O) groups excluding carboxylic acids is 2. The van der Waals surface area contributed by atoms with Crippen LogP contribution in [-0.2, 0) is 22.6 Å². The van der Waals surface area contributed by atoms with E-state index in [-0.39, 0.29) is 17.9 Å². The van der Waals surface area contributed by atoms with Crippen molar-refractivity contribution in [2.45, 2.75) is 58.2 Å². The number of aryl methyl sites for hydroxylation is 1. The lowest BCUT2D eigenvalue weighted by molar-refractivity contribution is -0.133. The topological polar surface area (TPSA) is 89.3 Å². The highest BCUT2D eigenvalue weighted by atomic mass is 16.2. The number of rotatable bonds is 4. The van der Waals surface area contributed by atoms with Gasteiger partial charge in [0, 0.05) is 51.3 Å². The van der Waals surface area contributed by atoms with Crippen molar-refractivity contribution in [3.05, 3.63) is 28.6 Å². The number of nitrogens with zero attached hydrogens (tertiary/aromatic N) is 4. The standard InChI is InChI=1S/C20H27N5O2/c1-13-19(9-21)18-6-7-25(12-15(18)10-22-13)20(27)8-16-4-5-17(24(16)3)11-23-14(2)26/h10,16-17H,4-8,11-12H2,1-3H3,(H,23,26)/t16-,17+/m0/s1. The minimum absolute atomic E-state index is 0.0181. The number of nitriles is 1. The second-order valence-electron chi connectivity index (χ2n) is 7.59. The molecule has 0 unspecified atom stereocenters. The molecular formula is C20H27N5O2. The van der Waals surface area contributed by atoms with Crippen LogP contribution in [0.4, 0.5) is 0 Å². The van der Waals surface area contributed by atoms with E-state index in [1.165, 1.54) is 6.92 Å². The maximum atomic E-state index is 12.8. The van der Waals surface area contributed by atoms with Gasteiger partial charge in [0.25, 0.3) is 0 Å². The first-order chi connectivity index (χ1) is 12.9. The van der Waals surface area contributed by atoms with Crippen LogP contribution in [0.25, 0.3) is 0 Å². The Bertz CT molecular complexity index is 785. The van der Waals surface area contributed by atoms with Crippen LogP contribution in [0, 0.1) is 18.3 Å². The highest BCUT2D eigenvalue weighted by Crippen LogP contribution is 2.27. The van der Waals surface area contributed by atoms with E-state index in [4.69, 9.17) is 0 Å². The monoisotopic (exact) mass is 369 g/mol. The summed E-state index contributed by atoms with van der Waals surface area (Å²) < 4.78 is 0. The van der Waals surface area contributed by atoms with Crippen LogP contribution < -0.4 is 5.32 Å². The molecule has 27 heavy (non-hydrogen) atoms. The molecule has 144 valence electrons. The molecule has 0 spiro atoms. The van der Waals surface area contributed by atoms with Gasteiger partial charge in [-0.3, -0.25) is 19.5 Å². The minimum Gasteiger partial charge on any atom is -0.355 e. The number of nitrogens with one attached hydrogen (secondary N) is 1. The molecule has 1 fully saturated rings. The molecule has 0 aromatic carbocycles. The molecule has 2 atom stereocenters. The Labute approximate surface area is 160 Å². The molecule has 1 aromatic heterocycles. The fourth-order valence-corrected chi connectivity index (χ4v) is 4.19. The van der Waals surface area contributed by atoms with Gasteiger partial charge in [-0.2, -0.15) is 5.26 Å². The SMILES string of the molecule is CC(=O)NC[C@H]1CC[C@@H](CC(=O)N2CCc3c(cnc(C)c3C#N)C2)N1C. The zero-order chi connectivity index (χ0) is 19.6. The lowest BCUT2D eigenvalue weighted by atomic mass is 9.95. The maximum absolute atomic E-state index is 12.8. The van der Waals surface area contributed by atoms with Crippen LogP contribution in [-0.4, -0.2) is 58.8 Å². The van der Waals surface area contributed by atoms with Crippen molar-refractivity contribution in [2.24, 2.45) is 0 Å². The van der Waals surface area contributed by atoms with Gasteiger partial charge in [0.2, 0.25) is 11.8 Å². The minimum atomic E-state index is -0.0181. The van der Waals surface area contributed by atoms with E-state index in [9.17, 15) is 14.9 Å². The Morgan fingerprint density at radius 3 is 2.81 bits per heavy atom. The van der Waals surface area contributed by atoms with E-state index in [1.807, 2.05) is 18.9 Å². The molecule has 3 rings (SSSR count). The quantitative estimate of drug-likeness (QED) is 0.859. The Morgan fingerprint density at radius 2 is 2.11 bits per heavy atom. The number of aromatic nitrogens is 1. The first kappa shape index (κ1) is 19.3. The van der Waals surface area contributed by atoms with Crippen LogP contribution in [0.15, 0.2) is 6.20 Å². The molecule has 0 radical (unpaired) electrons. The summed E-state index contributed by atoms with van der Waals surface area (Å²) >= 11 is 0. The molecule has 2 amide bonds. The third-order valence-corrected chi connectivity index (χ3v) is 5.90. The second-order valence-corrected chi connectivity index (χ2v) is 7.59. The second kappa shape index (κ2) is 8.05. The fraction of sp³-hybridized carbons (Fsp3) is 0.600. The van der Waals surface area contributed by atoms with Crippen molar-refractivity contribution in [2.75, 3.05) is 20.1 Å². The molecule has 1 saturated heterocycles. The average molecular weight is 369 g/mol. The Kier molecular flexibility index (Phi) is 5.76. The predicted octanol–water partition coefficient (Wildman–Crippen LogP) is 1.14. The number of likely N-dealkylation sites (N-methyl/N-ethyl adjacent to an activating group) is 1. The summed E-state index contributed by atoms with van der Waals surface area (Å²) in [5, 5.41) is 12.2. The van der Waals surface area contributed by atoms with Gasteiger partial charge in [-0.1, -0.05) is 0 Å². The number of likely N-dealkylation sites (tertiary alicyclic amines) is 1. The third-order valence-electron chi connectivity index (χ3n) is 5.90. The zero-order valence-corrected chi connectivity index (χ0v) is 16.3. The van der Waals surface area contributed by atoms with Crippen molar-refractivity contribution in [3.8, 4) is 6.07 Å². The van der Waals surface area contributed by atoms with E-state index in [2.05, 4.69) is 21.3 Å². The van der Waals surface area contributed by atoms with E-state index < -0.39 is 0 Å². The van der Waals surface area contributed by atoms with Crippen molar-refractivity contribution in [1.29, 1.82) is 5.26 Å². The predicted molar refractivity (Wildman–Crippen MR) is 101 cm³/mol. The Balaban J connectivity index is 1.60. The molecule has 0 bridgehead atoms. The summed E-state index contributed by atoms with van der Waals surface area (Å²) in [7, 11) is 2.04. The van der Waals surface area contributed by atoms with Crippen LogP contribution in [0.3, 0.4) is 0 Å². The fourth-order valence-electron chi connectivity index (χ4n) is 4.19. The van der Waals surface area contributed by atoms with Crippen LogP contribution in [0.1, 0.15) is 48.6 Å². The number of fused-ring (bicyclic) bond motifs is 1. The molecule has 0 aliphatic carbocycles. The van der Waals surface area contributed by atoms with Crippen molar-refractivity contribution < 1.29 is 9.59 Å². The van der Waals surface area contributed by atoms with Crippen molar-refractivity contribution in [1.82, 2.24) is 20.1 Å². The number of carbonyl (C=O) groups is 2. The molecule has 2 aliphatic rings. The lowest BCUT2D eigenvalue weighted by Gasteiger charge is -2.32. The summed E-state index contributed by atoms with van der Waals surface area (Å²) in [5.74, 6) is 0.132. The van der Waals surface area contributed by atoms with Gasteiger partial charge >= 0.3 is 0 Å². The third kappa shape index (κ3) is 4.11. The van der Waals surface area contributed by atoms with E-state index in [0.29, 0.717) is 44.1 Å². The van der Waals surface area contributed by atoms with Crippen LogP contribution in [0.2, 0.25) is 0 Å². The van der Waals surface area contributed by atoms with Crippen molar-refractivity contribution >= 4 is 11.8 Å². The Morgan fingerprint density at radius 1 is 1.37 bits per heavy atom. The lowest BCUT2D eigenvalue weighted by Crippen LogP contribution is -2.43. The average Bonchev–Trinajstić information content (AvgIpc) is 2.99. The largest absolute Gasteiger partial charge is 0.355 e. The summed E-state index contributed by atoms with van der Waals surface area (Å²) in [6.45, 7) is 5.19. The number of pyridine rings is 1. The number of hydrogen-bond donors (Lipinski definition) is 1. The van der Waals surface area contributed by atoms with Gasteiger partial charge in [0.05, 0.1) is 11.3 Å². The molecule has 1 N–H and O–H groups in total. The van der Waals surface area contributed by atoms with E-state index in [0.717, 1.165) is 29.7 Å². The van der Waals surface area contributed by atoms with Crippen LogP contribution >= 0.6 is 0 Å². The molecule has 7 heteroatoms. The molecule has 7 nitrogen and oxygen atoms in total. The molecule has 3 heterocycles. The molecular weight excluding hydrogens is 342 g/mol. The first-order valence-corrected chi connectivity index (χ1v) is 9.52. The zero-order valence-electron chi connectivity index (χ0n) is 16.3. The molecule has 2 aliphatic heterocycles. The van der Waals surface area contributed by atoms with Crippen LogP contribution in [0.5, 0.6) is 0 Å². The summed E-state index contributed by atoms with van der Waals surface area (Å²) in [4.78, 5) is 32.4. The summed E-state index contributed by atoms with van der Waals surface area (Å²) in [6.07, 6.45) is 4.96. The molecule has 1 aromatic rings. The highest BCUT2D eigenvalue weighted by Gasteiger charge is 2.33. The summed E-state index contributed by atoms with van der Waals surface area (Å²) in [5.41, 5.74) is 3.45. The maximum Gasteiger partial charge on any atom is 0.224 e. The Hall–Kier alpha value is -2.46. The number of hydrogen-bond acceptors (Lipinski definition) is 5. The normalized spacial score (nSPS) is 22.2. The smallest absolute Gasteiger partial charge is 0.224 e. The summed E-state index contributed by atoms with van der Waals surface area (Å²) in [6, 6.07) is 2.76. The van der Waals surface area contributed by atoms with Gasteiger partial charge in [-0.15, -0.1) is 0 Å². The van der Waals surface area contributed by atoms with Gasteiger partial charge in [0.1, 0.15) is 6.07 Å². The number of amides is 2. The first-order valence-electron chi connectivity index (χ1n) is 9.52. The van der Waals surface area contributed by atoms with Gasteiger partial charge in [0.15, 0.2) is 0 Å². The molecule has 0 saturated carbocycles. The highest BCUT2D eigenvalue weighted by molar-refractivity contribution is 5.77. The van der Waals surface area contributed by atoms with Gasteiger partial charge < -0.3 is 10.2 Å². The van der Waals surface area contributed by atoms with Gasteiger partial charge in [-0.05, 0) is 44.4 Å².